The molecule has 2 heterocycles. The van der Waals surface area contributed by atoms with Crippen molar-refractivity contribution < 1.29 is 19.1 Å². The number of nitrogens with zero attached hydrogens (tertiary/aromatic N) is 1. The van der Waals surface area contributed by atoms with Gasteiger partial charge < -0.3 is 15.0 Å². The second-order valence-electron chi connectivity index (χ2n) is 8.59. The van der Waals surface area contributed by atoms with Crippen LogP contribution in [-0.2, 0) is 14.3 Å². The predicted molar refractivity (Wildman–Crippen MR) is 101 cm³/mol. The number of ether oxygens (including phenoxy) is 1. The highest BCUT2D eigenvalue weighted by Crippen LogP contribution is 2.29. The predicted octanol–water partition coefficient (Wildman–Crippen LogP) is 2.18. The van der Waals surface area contributed by atoms with Crippen molar-refractivity contribution in [2.75, 3.05) is 13.2 Å². The first-order valence-electron chi connectivity index (χ1n) is 9.57. The van der Waals surface area contributed by atoms with Crippen molar-refractivity contribution in [1.29, 1.82) is 0 Å². The maximum atomic E-state index is 13.3. The molecule has 6 heteroatoms. The molecule has 2 aliphatic rings. The van der Waals surface area contributed by atoms with Gasteiger partial charge in [0.2, 0.25) is 5.91 Å². The zero-order chi connectivity index (χ0) is 19.6. The minimum absolute atomic E-state index is 0.0445. The second-order valence-corrected chi connectivity index (χ2v) is 8.59. The zero-order valence-corrected chi connectivity index (χ0v) is 16.2. The molecule has 1 N–H and O–H groups in total. The second kappa shape index (κ2) is 7.80. The summed E-state index contributed by atoms with van der Waals surface area (Å²) in [6.45, 7) is 6.69. The highest BCUT2D eigenvalue weighted by molar-refractivity contribution is 5.99. The summed E-state index contributed by atoms with van der Waals surface area (Å²) in [6, 6.07) is 7.68. The zero-order valence-electron chi connectivity index (χ0n) is 16.2. The molecular formula is C21H28N2O4. The number of hydrogen-bond donors (Lipinski definition) is 1. The summed E-state index contributed by atoms with van der Waals surface area (Å²) in [5.74, 6) is -0.513. The highest BCUT2D eigenvalue weighted by atomic mass is 16.5. The molecule has 3 rings (SSSR count). The molecule has 2 amide bonds. The number of amides is 2. The number of piperidine rings is 1. The van der Waals surface area contributed by atoms with Gasteiger partial charge in [-0.15, -0.1) is 0 Å². The van der Waals surface area contributed by atoms with Crippen molar-refractivity contribution in [2.45, 2.75) is 58.2 Å². The standard InChI is InChI=1S/C21H28N2O4/c1-21(2,3)12-15(22-19(25)14-8-5-4-6-9-14)20(26)23-11-7-10-17-18(23)16(24)13-27-17/h4-6,8-9,15,17-18H,7,10-13H2,1-3H3,(H,22,25). The van der Waals surface area contributed by atoms with E-state index in [0.717, 1.165) is 12.8 Å². The monoisotopic (exact) mass is 372 g/mol. The SMILES string of the molecule is CC(C)(C)CC(NC(=O)c1ccccc1)C(=O)N1CCCC2OCC(=O)C21. The molecule has 0 aliphatic carbocycles. The van der Waals surface area contributed by atoms with Crippen LogP contribution in [0.25, 0.3) is 0 Å². The Balaban J connectivity index is 1.80. The van der Waals surface area contributed by atoms with E-state index in [1.54, 1.807) is 29.2 Å². The van der Waals surface area contributed by atoms with Gasteiger partial charge in [-0.25, -0.2) is 0 Å². The Morgan fingerprint density at radius 2 is 1.96 bits per heavy atom. The third-order valence-electron chi connectivity index (χ3n) is 5.08. The summed E-state index contributed by atoms with van der Waals surface area (Å²) in [6.07, 6.45) is 1.87. The summed E-state index contributed by atoms with van der Waals surface area (Å²) < 4.78 is 5.55. The molecule has 146 valence electrons. The molecule has 27 heavy (non-hydrogen) atoms. The number of rotatable bonds is 4. The van der Waals surface area contributed by atoms with E-state index in [2.05, 4.69) is 5.32 Å². The summed E-state index contributed by atoms with van der Waals surface area (Å²) in [7, 11) is 0. The Kier molecular flexibility index (Phi) is 5.65. The molecule has 2 fully saturated rings. The first kappa shape index (κ1) is 19.5. The van der Waals surface area contributed by atoms with Gasteiger partial charge in [0, 0.05) is 12.1 Å². The fourth-order valence-electron chi connectivity index (χ4n) is 3.88. The van der Waals surface area contributed by atoms with E-state index in [4.69, 9.17) is 4.74 Å². The molecule has 1 aromatic carbocycles. The lowest BCUT2D eigenvalue weighted by atomic mass is 9.86. The van der Waals surface area contributed by atoms with E-state index in [0.29, 0.717) is 18.5 Å². The lowest BCUT2D eigenvalue weighted by molar-refractivity contribution is -0.143. The van der Waals surface area contributed by atoms with Crippen LogP contribution in [-0.4, -0.2) is 53.8 Å². The Hall–Kier alpha value is -2.21. The fourth-order valence-corrected chi connectivity index (χ4v) is 3.88. The first-order chi connectivity index (χ1) is 12.8. The summed E-state index contributed by atoms with van der Waals surface area (Å²) in [5, 5.41) is 2.90. The van der Waals surface area contributed by atoms with Gasteiger partial charge in [0.1, 0.15) is 18.7 Å². The maximum Gasteiger partial charge on any atom is 0.251 e. The van der Waals surface area contributed by atoms with Crippen molar-refractivity contribution in [1.82, 2.24) is 10.2 Å². The number of nitrogens with one attached hydrogen (secondary N) is 1. The van der Waals surface area contributed by atoms with Gasteiger partial charge >= 0.3 is 0 Å². The summed E-state index contributed by atoms with van der Waals surface area (Å²) >= 11 is 0. The van der Waals surface area contributed by atoms with Crippen molar-refractivity contribution in [3.8, 4) is 0 Å². The van der Waals surface area contributed by atoms with Crippen LogP contribution >= 0.6 is 0 Å². The molecule has 2 saturated heterocycles. The highest BCUT2D eigenvalue weighted by Gasteiger charge is 2.46. The van der Waals surface area contributed by atoms with Crippen LogP contribution < -0.4 is 5.32 Å². The minimum Gasteiger partial charge on any atom is -0.368 e. The van der Waals surface area contributed by atoms with Gasteiger partial charge in [-0.3, -0.25) is 14.4 Å². The number of ketones is 1. The molecule has 0 aromatic heterocycles. The first-order valence-corrected chi connectivity index (χ1v) is 9.57. The van der Waals surface area contributed by atoms with Gasteiger partial charge in [0.15, 0.2) is 5.78 Å². The summed E-state index contributed by atoms with van der Waals surface area (Å²) in [5.41, 5.74) is 0.358. The lowest BCUT2D eigenvalue weighted by Crippen LogP contribution is -2.58. The van der Waals surface area contributed by atoms with Crippen molar-refractivity contribution in [2.24, 2.45) is 5.41 Å². The van der Waals surface area contributed by atoms with Crippen LogP contribution in [0.2, 0.25) is 0 Å². The molecule has 0 bridgehead atoms. The van der Waals surface area contributed by atoms with Crippen LogP contribution in [0.15, 0.2) is 30.3 Å². The van der Waals surface area contributed by atoms with E-state index in [-0.39, 0.29) is 35.7 Å². The molecule has 0 radical (unpaired) electrons. The van der Waals surface area contributed by atoms with Crippen LogP contribution in [0.4, 0.5) is 0 Å². The number of likely N-dealkylation sites (tertiary alicyclic amines) is 1. The third kappa shape index (κ3) is 4.56. The van der Waals surface area contributed by atoms with E-state index >= 15 is 0 Å². The fraction of sp³-hybridized carbons (Fsp3) is 0.571. The Morgan fingerprint density at radius 3 is 2.63 bits per heavy atom. The Labute approximate surface area is 160 Å². The molecule has 3 unspecified atom stereocenters. The largest absolute Gasteiger partial charge is 0.368 e. The van der Waals surface area contributed by atoms with Gasteiger partial charge in [0.25, 0.3) is 5.91 Å². The molecular weight excluding hydrogens is 344 g/mol. The quantitative estimate of drug-likeness (QED) is 0.879. The third-order valence-corrected chi connectivity index (χ3v) is 5.08. The van der Waals surface area contributed by atoms with E-state index in [1.165, 1.54) is 0 Å². The number of carbonyl (C=O) groups is 3. The van der Waals surface area contributed by atoms with Gasteiger partial charge in [0.05, 0.1) is 6.10 Å². The maximum absolute atomic E-state index is 13.3. The lowest BCUT2D eigenvalue weighted by Gasteiger charge is -2.38. The number of hydrogen-bond acceptors (Lipinski definition) is 4. The normalized spacial score (nSPS) is 23.7. The van der Waals surface area contributed by atoms with Crippen LogP contribution in [0, 0.1) is 5.41 Å². The molecule has 2 aliphatic heterocycles. The van der Waals surface area contributed by atoms with Crippen LogP contribution in [0.3, 0.4) is 0 Å². The molecule has 1 aromatic rings. The smallest absolute Gasteiger partial charge is 0.251 e. The van der Waals surface area contributed by atoms with Gasteiger partial charge in [-0.2, -0.15) is 0 Å². The molecule has 0 saturated carbocycles. The van der Waals surface area contributed by atoms with E-state index in [9.17, 15) is 14.4 Å². The summed E-state index contributed by atoms with van der Waals surface area (Å²) in [4.78, 5) is 39.9. The van der Waals surface area contributed by atoms with Gasteiger partial charge in [-0.05, 0) is 36.8 Å². The van der Waals surface area contributed by atoms with E-state index < -0.39 is 12.1 Å². The minimum atomic E-state index is -0.676. The van der Waals surface area contributed by atoms with Crippen molar-refractivity contribution in [3.05, 3.63) is 35.9 Å². The van der Waals surface area contributed by atoms with Crippen LogP contribution in [0.1, 0.15) is 50.4 Å². The number of fused-ring (bicyclic) bond motifs is 1. The Morgan fingerprint density at radius 1 is 1.26 bits per heavy atom. The van der Waals surface area contributed by atoms with Crippen LogP contribution in [0.5, 0.6) is 0 Å². The number of benzene rings is 1. The Bertz CT molecular complexity index is 711. The number of Topliss-reactive ketones (excluding diaryl/α,β-unsaturated/α-hetero) is 1. The van der Waals surface area contributed by atoms with Crippen molar-refractivity contribution >= 4 is 17.6 Å². The van der Waals surface area contributed by atoms with Crippen molar-refractivity contribution in [3.63, 3.8) is 0 Å². The topological polar surface area (TPSA) is 75.7 Å². The average molecular weight is 372 g/mol. The molecule has 6 nitrogen and oxygen atoms in total. The van der Waals surface area contributed by atoms with E-state index in [1.807, 2.05) is 26.8 Å². The molecule has 0 spiro atoms. The van der Waals surface area contributed by atoms with Gasteiger partial charge in [-0.1, -0.05) is 39.0 Å². The average Bonchev–Trinajstić information content (AvgIpc) is 3.01. The number of carbonyl (C=O) groups excluding carboxylic acids is 3. The molecule has 3 atom stereocenters.